The van der Waals surface area contributed by atoms with Crippen molar-refractivity contribution in [3.8, 4) is 39.1 Å². The number of aromatic nitrogens is 1. The van der Waals surface area contributed by atoms with Gasteiger partial charge in [0, 0.05) is 27.7 Å². The van der Waals surface area contributed by atoms with Crippen molar-refractivity contribution >= 4 is 60.4 Å². The topological polar surface area (TPSA) is 8.17 Å². The van der Waals surface area contributed by atoms with E-state index in [0.29, 0.717) is 0 Å². The minimum atomic E-state index is -0.439. The first kappa shape index (κ1) is 36.1. The first-order valence-corrected chi connectivity index (χ1v) is 22.6. The van der Waals surface area contributed by atoms with Gasteiger partial charge < -0.3 is 9.47 Å². The SMILES string of the molecule is c1ccc(-c2ccc(N(c3ccc4c(ccc5ccccc54)c3)c3ccccc3-c3ccc4c(c3)c3cccc5c3n4-c3ccccc3C53c4ccccc4-c4ccccc43)cc2)cc1. The molecule has 2 heteroatoms. The highest BCUT2D eigenvalue weighted by Crippen LogP contribution is 2.61. The zero-order valence-corrected chi connectivity index (χ0v) is 35.5. The monoisotopic (exact) mass is 824 g/mol. The molecule has 0 saturated carbocycles. The molecule has 65 heavy (non-hydrogen) atoms. The molecule has 0 saturated heterocycles. The fourth-order valence-corrected chi connectivity index (χ4v) is 11.6. The number of benzene rings is 11. The van der Waals surface area contributed by atoms with Crippen LogP contribution in [-0.2, 0) is 5.41 Å². The molecule has 1 aromatic heterocycles. The molecular weight excluding hydrogens is 785 g/mol. The summed E-state index contributed by atoms with van der Waals surface area (Å²) in [6, 6.07) is 90.1. The number of fused-ring (bicyclic) bond motifs is 15. The lowest BCUT2D eigenvalue weighted by Crippen LogP contribution is -2.33. The van der Waals surface area contributed by atoms with E-state index in [2.05, 4.69) is 252 Å². The Morgan fingerprint density at radius 1 is 0.323 bits per heavy atom. The molecule has 1 aliphatic heterocycles. The molecule has 14 rings (SSSR count). The van der Waals surface area contributed by atoms with Crippen LogP contribution in [0.25, 0.3) is 82.4 Å². The van der Waals surface area contributed by atoms with Gasteiger partial charge in [0.05, 0.1) is 27.8 Å². The Labute approximate surface area is 377 Å². The first-order valence-electron chi connectivity index (χ1n) is 22.6. The molecule has 2 aliphatic rings. The number of hydrogen-bond donors (Lipinski definition) is 0. The predicted molar refractivity (Wildman–Crippen MR) is 272 cm³/mol. The molecule has 11 aromatic carbocycles. The molecule has 0 bridgehead atoms. The van der Waals surface area contributed by atoms with Gasteiger partial charge in [-0.1, -0.05) is 194 Å². The van der Waals surface area contributed by atoms with Crippen LogP contribution in [0.1, 0.15) is 22.3 Å². The van der Waals surface area contributed by atoms with E-state index in [9.17, 15) is 0 Å². The molecule has 2 nitrogen and oxygen atoms in total. The highest BCUT2D eigenvalue weighted by molar-refractivity contribution is 6.14. The molecular formula is C63H40N2. The second kappa shape index (κ2) is 13.8. The van der Waals surface area contributed by atoms with Gasteiger partial charge in [-0.2, -0.15) is 0 Å². The Morgan fingerprint density at radius 3 is 1.72 bits per heavy atom. The Bertz CT molecular complexity index is 3850. The van der Waals surface area contributed by atoms with Gasteiger partial charge in [-0.25, -0.2) is 0 Å². The predicted octanol–water partition coefficient (Wildman–Crippen LogP) is 16.6. The quantitative estimate of drug-likeness (QED) is 0.157. The van der Waals surface area contributed by atoms with Gasteiger partial charge in [0.25, 0.3) is 0 Å². The highest BCUT2D eigenvalue weighted by Gasteiger charge is 2.50. The summed E-state index contributed by atoms with van der Waals surface area (Å²) < 4.78 is 2.54. The van der Waals surface area contributed by atoms with Crippen LogP contribution in [0.2, 0.25) is 0 Å². The molecule has 1 aliphatic carbocycles. The van der Waals surface area contributed by atoms with Crippen molar-refractivity contribution in [2.24, 2.45) is 0 Å². The molecule has 0 N–H and O–H groups in total. The van der Waals surface area contributed by atoms with Gasteiger partial charge in [-0.15, -0.1) is 0 Å². The van der Waals surface area contributed by atoms with Crippen molar-refractivity contribution in [3.63, 3.8) is 0 Å². The molecule has 0 radical (unpaired) electrons. The van der Waals surface area contributed by atoms with E-state index in [1.807, 2.05) is 0 Å². The largest absolute Gasteiger partial charge is 0.310 e. The van der Waals surface area contributed by atoms with Gasteiger partial charge >= 0.3 is 0 Å². The van der Waals surface area contributed by atoms with Crippen LogP contribution in [0.4, 0.5) is 17.1 Å². The van der Waals surface area contributed by atoms with Crippen LogP contribution in [0.3, 0.4) is 0 Å². The van der Waals surface area contributed by atoms with Crippen molar-refractivity contribution in [2.75, 3.05) is 4.90 Å². The normalized spacial score (nSPS) is 13.0. The standard InChI is InChI=1S/C63H40N2/c1-2-15-41(16-3-1)42-31-34-46(35-32-42)64(47-36-37-49-44(39-47)30-29-43-17-4-5-18-48(43)49)59-27-12-8-19-50(59)45-33-38-60-54(40-45)53-22-14-26-58-62(53)65(60)61-28-13-11-25-57(61)63(58)55-23-9-6-20-51(55)52-21-7-10-24-56(52)63/h1-40H. The molecule has 2 heterocycles. The Balaban J connectivity index is 0.985. The average molecular weight is 825 g/mol. The van der Waals surface area contributed by atoms with E-state index in [-0.39, 0.29) is 0 Å². The van der Waals surface area contributed by atoms with Gasteiger partial charge in [-0.05, 0) is 120 Å². The summed E-state index contributed by atoms with van der Waals surface area (Å²) in [5.74, 6) is 0. The zero-order chi connectivity index (χ0) is 42.6. The Morgan fingerprint density at radius 2 is 0.908 bits per heavy atom. The van der Waals surface area contributed by atoms with Crippen LogP contribution in [0.5, 0.6) is 0 Å². The maximum Gasteiger partial charge on any atom is 0.0754 e. The third kappa shape index (κ3) is 5.05. The smallest absolute Gasteiger partial charge is 0.0754 e. The van der Waals surface area contributed by atoms with Gasteiger partial charge in [0.1, 0.15) is 0 Å². The van der Waals surface area contributed by atoms with E-state index >= 15 is 0 Å². The highest BCUT2D eigenvalue weighted by atomic mass is 15.1. The number of anilines is 3. The number of para-hydroxylation sites is 3. The fraction of sp³-hybridized carbons (Fsp3) is 0.0159. The maximum absolute atomic E-state index is 2.54. The molecule has 302 valence electrons. The van der Waals surface area contributed by atoms with E-state index in [0.717, 1.165) is 17.1 Å². The summed E-state index contributed by atoms with van der Waals surface area (Å²) in [5, 5.41) is 7.50. The summed E-state index contributed by atoms with van der Waals surface area (Å²) in [7, 11) is 0. The van der Waals surface area contributed by atoms with Crippen molar-refractivity contribution in [1.82, 2.24) is 4.57 Å². The van der Waals surface area contributed by atoms with Crippen LogP contribution < -0.4 is 4.90 Å². The number of nitrogens with zero attached hydrogens (tertiary/aromatic N) is 2. The zero-order valence-electron chi connectivity index (χ0n) is 35.5. The van der Waals surface area contributed by atoms with Crippen molar-refractivity contribution in [3.05, 3.63) is 265 Å². The van der Waals surface area contributed by atoms with Gasteiger partial charge in [-0.3, -0.25) is 0 Å². The third-order valence-electron chi connectivity index (χ3n) is 14.4. The summed E-state index contributed by atoms with van der Waals surface area (Å²) in [4.78, 5) is 2.44. The second-order valence-electron chi connectivity index (χ2n) is 17.6. The van der Waals surface area contributed by atoms with Crippen LogP contribution in [0.15, 0.2) is 243 Å². The minimum absolute atomic E-state index is 0.439. The van der Waals surface area contributed by atoms with Crippen LogP contribution >= 0.6 is 0 Å². The lowest BCUT2D eigenvalue weighted by molar-refractivity contribution is 0.748. The van der Waals surface area contributed by atoms with Crippen LogP contribution in [0, 0.1) is 0 Å². The second-order valence-corrected chi connectivity index (χ2v) is 17.6. The average Bonchev–Trinajstić information content (AvgIpc) is 3.87. The van der Waals surface area contributed by atoms with E-state index < -0.39 is 5.41 Å². The number of rotatable bonds is 5. The molecule has 12 aromatic rings. The maximum atomic E-state index is 2.54. The molecule has 0 unspecified atom stereocenters. The molecule has 0 fully saturated rings. The van der Waals surface area contributed by atoms with E-state index in [1.165, 1.54) is 105 Å². The van der Waals surface area contributed by atoms with Crippen molar-refractivity contribution in [2.45, 2.75) is 5.41 Å². The van der Waals surface area contributed by atoms with Crippen LogP contribution in [-0.4, -0.2) is 4.57 Å². The van der Waals surface area contributed by atoms with E-state index in [1.54, 1.807) is 0 Å². The lowest BCUT2D eigenvalue weighted by atomic mass is 9.65. The Hall–Kier alpha value is -8.46. The molecule has 1 spiro atoms. The number of hydrogen-bond acceptors (Lipinski definition) is 1. The molecule has 0 atom stereocenters. The lowest BCUT2D eigenvalue weighted by Gasteiger charge is -2.39. The minimum Gasteiger partial charge on any atom is -0.310 e. The summed E-state index contributed by atoms with van der Waals surface area (Å²) >= 11 is 0. The summed E-state index contributed by atoms with van der Waals surface area (Å²) in [6.07, 6.45) is 0. The van der Waals surface area contributed by atoms with Gasteiger partial charge in [0.2, 0.25) is 0 Å². The summed E-state index contributed by atoms with van der Waals surface area (Å²) in [6.45, 7) is 0. The van der Waals surface area contributed by atoms with E-state index in [4.69, 9.17) is 0 Å². The first-order chi connectivity index (χ1) is 32.3. The summed E-state index contributed by atoms with van der Waals surface area (Å²) in [5.41, 5.74) is 19.4. The van der Waals surface area contributed by atoms with Crippen molar-refractivity contribution in [1.29, 1.82) is 0 Å². The Kier molecular flexibility index (Phi) is 7.64. The van der Waals surface area contributed by atoms with Crippen molar-refractivity contribution < 1.29 is 0 Å². The molecule has 0 amide bonds. The van der Waals surface area contributed by atoms with Gasteiger partial charge in [0.15, 0.2) is 0 Å². The third-order valence-corrected chi connectivity index (χ3v) is 14.4. The fourth-order valence-electron chi connectivity index (χ4n) is 11.6.